The van der Waals surface area contributed by atoms with Gasteiger partial charge in [0.25, 0.3) is 0 Å². The predicted molar refractivity (Wildman–Crippen MR) is 43.7 cm³/mol. The topological polar surface area (TPSA) is 55.1 Å². The molecule has 0 aliphatic carbocycles. The van der Waals surface area contributed by atoms with Crippen LogP contribution in [0, 0.1) is 0 Å². The molecule has 3 N–H and O–H groups in total. The van der Waals surface area contributed by atoms with Crippen LogP contribution in [0.2, 0.25) is 0 Å². The van der Waals surface area contributed by atoms with E-state index in [0.29, 0.717) is 6.54 Å². The number of hydrogen-bond acceptors (Lipinski definition) is 2. The lowest BCUT2D eigenvalue weighted by Gasteiger charge is -1.95. The van der Waals surface area contributed by atoms with Crippen LogP contribution in [0.15, 0.2) is 0 Å². The van der Waals surface area contributed by atoms with E-state index in [0.717, 1.165) is 13.0 Å². The van der Waals surface area contributed by atoms with Gasteiger partial charge in [0.2, 0.25) is 5.91 Å². The maximum Gasteiger partial charge on any atom is 0.231 e. The van der Waals surface area contributed by atoms with E-state index in [1.165, 1.54) is 0 Å². The van der Waals surface area contributed by atoms with Gasteiger partial charge in [0.15, 0.2) is 0 Å². The Morgan fingerprint density at radius 1 is 1.50 bits per heavy atom. The van der Waals surface area contributed by atoms with E-state index in [9.17, 15) is 4.79 Å². The Morgan fingerprint density at radius 2 is 2.00 bits per heavy atom. The Bertz CT molecular complexity index is 74.0. The van der Waals surface area contributed by atoms with Crippen LogP contribution in [0.25, 0.3) is 0 Å². The summed E-state index contributed by atoms with van der Waals surface area (Å²) in [6.07, 6.45) is 1.03. The summed E-state index contributed by atoms with van der Waals surface area (Å²) in [5, 5.41) is 2.86. The predicted octanol–water partition coefficient (Wildman–Crippen LogP) is 0.497. The Labute approximate surface area is 63.0 Å². The smallest absolute Gasteiger partial charge is 0.231 e. The van der Waals surface area contributed by atoms with Crippen LogP contribution in [0.3, 0.4) is 0 Å². The molecule has 1 amide bonds. The molecule has 0 rings (SSSR count). The van der Waals surface area contributed by atoms with Gasteiger partial charge >= 0.3 is 0 Å². The van der Waals surface area contributed by atoms with Crippen LogP contribution < -0.4 is 11.1 Å². The number of carbonyl (C=O) groups is 1. The van der Waals surface area contributed by atoms with Crippen molar-refractivity contribution in [3.05, 3.63) is 0 Å². The van der Waals surface area contributed by atoms with E-state index in [-0.39, 0.29) is 5.91 Å². The molecule has 3 heteroatoms. The fraction of sp³-hybridized carbons (Fsp3) is 0.857. The van der Waals surface area contributed by atoms with E-state index in [1.54, 1.807) is 0 Å². The molecule has 0 saturated carbocycles. The number of hydrogen-bond donors (Lipinski definition) is 2. The zero-order valence-electron chi connectivity index (χ0n) is 7.11. The van der Waals surface area contributed by atoms with Crippen LogP contribution in [0.1, 0.15) is 27.2 Å². The molecule has 0 aromatic carbocycles. The van der Waals surface area contributed by atoms with E-state index < -0.39 is 0 Å². The van der Waals surface area contributed by atoms with Gasteiger partial charge in [-0.15, -0.1) is 0 Å². The lowest BCUT2D eigenvalue weighted by Crippen LogP contribution is -2.28. The third kappa shape index (κ3) is 15.7. The first-order valence-corrected chi connectivity index (χ1v) is 3.76. The SMILES string of the molecule is CC.CCCNCC(N)=O. The van der Waals surface area contributed by atoms with Gasteiger partial charge in [0, 0.05) is 0 Å². The van der Waals surface area contributed by atoms with Crippen LogP contribution in [-0.4, -0.2) is 19.0 Å². The summed E-state index contributed by atoms with van der Waals surface area (Å²) in [6, 6.07) is 0. The highest BCUT2D eigenvalue weighted by molar-refractivity contribution is 5.75. The lowest BCUT2D eigenvalue weighted by molar-refractivity contribution is -0.117. The van der Waals surface area contributed by atoms with E-state index >= 15 is 0 Å². The van der Waals surface area contributed by atoms with Crippen molar-refractivity contribution < 1.29 is 4.79 Å². The Balaban J connectivity index is 0. The molecule has 3 nitrogen and oxygen atoms in total. The number of carbonyl (C=O) groups excluding carboxylic acids is 1. The summed E-state index contributed by atoms with van der Waals surface area (Å²) in [5.41, 5.74) is 4.83. The zero-order chi connectivity index (χ0) is 8.41. The summed E-state index contributed by atoms with van der Waals surface area (Å²) in [5.74, 6) is -0.293. The minimum atomic E-state index is -0.293. The number of nitrogens with two attached hydrogens (primary N) is 1. The van der Waals surface area contributed by atoms with Crippen molar-refractivity contribution in [1.29, 1.82) is 0 Å². The van der Waals surface area contributed by atoms with Crippen LogP contribution >= 0.6 is 0 Å². The quantitative estimate of drug-likeness (QED) is 0.567. The van der Waals surface area contributed by atoms with E-state index in [2.05, 4.69) is 5.32 Å². The van der Waals surface area contributed by atoms with Gasteiger partial charge in [-0.2, -0.15) is 0 Å². The van der Waals surface area contributed by atoms with Crippen molar-refractivity contribution in [3.63, 3.8) is 0 Å². The van der Waals surface area contributed by atoms with Crippen molar-refractivity contribution in [1.82, 2.24) is 5.32 Å². The number of primary amides is 1. The second-order valence-corrected chi connectivity index (χ2v) is 1.64. The van der Waals surface area contributed by atoms with Gasteiger partial charge < -0.3 is 11.1 Å². The van der Waals surface area contributed by atoms with Gasteiger partial charge in [-0.3, -0.25) is 4.79 Å². The molecule has 0 radical (unpaired) electrons. The van der Waals surface area contributed by atoms with E-state index in [1.807, 2.05) is 20.8 Å². The van der Waals surface area contributed by atoms with Crippen molar-refractivity contribution in [3.8, 4) is 0 Å². The monoisotopic (exact) mass is 146 g/mol. The maximum absolute atomic E-state index is 10.0. The molecule has 0 fully saturated rings. The molecule has 0 bridgehead atoms. The van der Waals surface area contributed by atoms with Gasteiger partial charge in [-0.1, -0.05) is 20.8 Å². The summed E-state index contributed by atoms with van der Waals surface area (Å²) in [6.45, 7) is 7.20. The van der Waals surface area contributed by atoms with Crippen molar-refractivity contribution >= 4 is 5.91 Å². The number of amides is 1. The highest BCUT2D eigenvalue weighted by Crippen LogP contribution is 1.66. The summed E-state index contributed by atoms with van der Waals surface area (Å²) < 4.78 is 0. The standard InChI is InChI=1S/C5H12N2O.C2H6/c1-2-3-7-4-5(6)8;1-2/h7H,2-4H2,1H3,(H2,6,8);1-2H3. The van der Waals surface area contributed by atoms with Gasteiger partial charge in [0.1, 0.15) is 0 Å². The van der Waals surface area contributed by atoms with Crippen molar-refractivity contribution in [2.24, 2.45) is 5.73 Å². The van der Waals surface area contributed by atoms with Crippen LogP contribution in [0.5, 0.6) is 0 Å². The molecule has 0 aliphatic heterocycles. The molecular formula is C7H18N2O. The zero-order valence-corrected chi connectivity index (χ0v) is 7.11. The van der Waals surface area contributed by atoms with Gasteiger partial charge in [-0.25, -0.2) is 0 Å². The fourth-order valence-electron chi connectivity index (χ4n) is 0.388. The molecule has 10 heavy (non-hydrogen) atoms. The molecule has 0 saturated heterocycles. The first kappa shape index (κ1) is 12.1. The molecule has 0 atom stereocenters. The fourth-order valence-corrected chi connectivity index (χ4v) is 0.388. The third-order valence-electron chi connectivity index (χ3n) is 0.726. The Kier molecular flexibility index (Phi) is 13.7. The Morgan fingerprint density at radius 3 is 2.30 bits per heavy atom. The minimum absolute atomic E-state index is 0.293. The van der Waals surface area contributed by atoms with Crippen molar-refractivity contribution in [2.75, 3.05) is 13.1 Å². The second kappa shape index (κ2) is 11.3. The molecule has 62 valence electrons. The second-order valence-electron chi connectivity index (χ2n) is 1.64. The van der Waals surface area contributed by atoms with Gasteiger partial charge in [-0.05, 0) is 13.0 Å². The summed E-state index contributed by atoms with van der Waals surface area (Å²) in [4.78, 5) is 10.0. The normalized spacial score (nSPS) is 7.90. The number of nitrogens with one attached hydrogen (secondary N) is 1. The van der Waals surface area contributed by atoms with Crippen LogP contribution in [-0.2, 0) is 4.79 Å². The highest BCUT2D eigenvalue weighted by Gasteiger charge is 1.88. The molecule has 0 unspecified atom stereocenters. The average Bonchev–Trinajstić information content (AvgIpc) is 1.92. The third-order valence-corrected chi connectivity index (χ3v) is 0.726. The molecule has 0 aromatic rings. The first-order chi connectivity index (χ1) is 4.77. The van der Waals surface area contributed by atoms with E-state index in [4.69, 9.17) is 5.73 Å². The number of rotatable bonds is 4. The molecule has 0 heterocycles. The minimum Gasteiger partial charge on any atom is -0.369 e. The maximum atomic E-state index is 10.0. The lowest BCUT2D eigenvalue weighted by atomic mass is 10.5. The average molecular weight is 146 g/mol. The first-order valence-electron chi connectivity index (χ1n) is 3.76. The molecule has 0 aromatic heterocycles. The largest absolute Gasteiger partial charge is 0.369 e. The summed E-state index contributed by atoms with van der Waals surface area (Å²) >= 11 is 0. The molecule has 0 aliphatic rings. The highest BCUT2D eigenvalue weighted by atomic mass is 16.1. The molecule has 0 spiro atoms. The van der Waals surface area contributed by atoms with Crippen LogP contribution in [0.4, 0.5) is 0 Å². The van der Waals surface area contributed by atoms with Crippen molar-refractivity contribution in [2.45, 2.75) is 27.2 Å². The summed E-state index contributed by atoms with van der Waals surface area (Å²) in [7, 11) is 0. The molecular weight excluding hydrogens is 128 g/mol. The Hall–Kier alpha value is -0.570. The van der Waals surface area contributed by atoms with Gasteiger partial charge in [0.05, 0.1) is 6.54 Å².